The van der Waals surface area contributed by atoms with Gasteiger partial charge in [-0.25, -0.2) is 9.97 Å². The van der Waals surface area contributed by atoms with Crippen LogP contribution in [0.25, 0.3) is 0 Å². The van der Waals surface area contributed by atoms with Gasteiger partial charge in [0, 0.05) is 55.8 Å². The third-order valence-electron chi connectivity index (χ3n) is 4.39. The lowest BCUT2D eigenvalue weighted by Crippen LogP contribution is -2.36. The maximum atomic E-state index is 12.5. The van der Waals surface area contributed by atoms with Crippen molar-refractivity contribution in [1.82, 2.24) is 24.6 Å². The second kappa shape index (κ2) is 8.71. The smallest absolute Gasteiger partial charge is 0.222 e. The lowest BCUT2D eigenvalue weighted by atomic mass is 10.0. The first kappa shape index (κ1) is 17.5. The fraction of sp³-hybridized carbons (Fsp3) is 0.556. The number of hydrogen-bond acceptors (Lipinski definition) is 5. The van der Waals surface area contributed by atoms with E-state index in [-0.39, 0.29) is 11.8 Å². The summed E-state index contributed by atoms with van der Waals surface area (Å²) in [5.74, 6) is 0.466. The third kappa shape index (κ3) is 5.35. The van der Waals surface area contributed by atoms with E-state index in [1.54, 1.807) is 12.5 Å². The summed E-state index contributed by atoms with van der Waals surface area (Å²) in [6.45, 7) is 5.39. The maximum absolute atomic E-state index is 12.5. The fourth-order valence-corrected chi connectivity index (χ4v) is 3.13. The largest absolute Gasteiger partial charge is 0.379 e. The van der Waals surface area contributed by atoms with Crippen molar-refractivity contribution >= 4 is 5.91 Å². The number of aromatic nitrogens is 4. The molecule has 7 heteroatoms. The van der Waals surface area contributed by atoms with E-state index in [2.05, 4.69) is 15.1 Å². The van der Waals surface area contributed by atoms with Gasteiger partial charge in [0.2, 0.25) is 5.91 Å². The Hall–Kier alpha value is -2.28. The zero-order chi connectivity index (χ0) is 17.5. The average molecular weight is 343 g/mol. The van der Waals surface area contributed by atoms with Crippen molar-refractivity contribution in [2.24, 2.45) is 5.92 Å². The van der Waals surface area contributed by atoms with Crippen LogP contribution in [0.4, 0.5) is 0 Å². The minimum absolute atomic E-state index is 0.196. The van der Waals surface area contributed by atoms with Crippen LogP contribution in [-0.2, 0) is 22.5 Å². The number of hydrogen-bond donors (Lipinski definition) is 0. The summed E-state index contributed by atoms with van der Waals surface area (Å²) in [6.07, 6.45) is 7.42. The summed E-state index contributed by atoms with van der Waals surface area (Å²) >= 11 is 0. The van der Waals surface area contributed by atoms with E-state index in [1.165, 1.54) is 0 Å². The van der Waals surface area contributed by atoms with Crippen molar-refractivity contribution in [2.75, 3.05) is 26.3 Å². The highest BCUT2D eigenvalue weighted by Crippen LogP contribution is 2.14. The van der Waals surface area contributed by atoms with E-state index in [4.69, 9.17) is 4.74 Å². The molecule has 1 amide bonds. The zero-order valence-corrected chi connectivity index (χ0v) is 14.7. The number of rotatable bonds is 6. The van der Waals surface area contributed by atoms with Gasteiger partial charge in [-0.2, -0.15) is 5.10 Å². The molecule has 3 rings (SSSR count). The number of amides is 1. The molecule has 2 aromatic rings. The molecule has 2 aromatic heterocycles. The Morgan fingerprint density at radius 2 is 2.32 bits per heavy atom. The van der Waals surface area contributed by atoms with E-state index in [0.29, 0.717) is 26.2 Å². The van der Waals surface area contributed by atoms with Crippen molar-refractivity contribution in [3.05, 3.63) is 42.2 Å². The highest BCUT2D eigenvalue weighted by Gasteiger charge is 2.22. The molecule has 0 bridgehead atoms. The van der Waals surface area contributed by atoms with Crippen molar-refractivity contribution < 1.29 is 9.53 Å². The van der Waals surface area contributed by atoms with Gasteiger partial charge >= 0.3 is 0 Å². The van der Waals surface area contributed by atoms with E-state index in [0.717, 1.165) is 37.3 Å². The topological polar surface area (TPSA) is 73.1 Å². The monoisotopic (exact) mass is 343 g/mol. The first-order valence-corrected chi connectivity index (χ1v) is 8.81. The van der Waals surface area contributed by atoms with Crippen molar-refractivity contribution in [2.45, 2.75) is 32.7 Å². The Bertz CT molecular complexity index is 674. The van der Waals surface area contributed by atoms with E-state index >= 15 is 0 Å². The summed E-state index contributed by atoms with van der Waals surface area (Å²) in [5, 5.41) is 4.17. The second-order valence-corrected chi connectivity index (χ2v) is 6.51. The molecule has 25 heavy (non-hydrogen) atoms. The normalized spacial score (nSPS) is 18.1. The molecular formula is C18H25N5O2. The summed E-state index contributed by atoms with van der Waals surface area (Å²) in [5.41, 5.74) is 1.97. The summed E-state index contributed by atoms with van der Waals surface area (Å²) in [6, 6.07) is 3.90. The van der Waals surface area contributed by atoms with Gasteiger partial charge in [0.05, 0.1) is 13.2 Å². The Balaban J connectivity index is 1.51. The van der Waals surface area contributed by atoms with Crippen LogP contribution in [0.1, 0.15) is 24.2 Å². The first-order valence-electron chi connectivity index (χ1n) is 8.81. The highest BCUT2D eigenvalue weighted by atomic mass is 16.5. The fourth-order valence-electron chi connectivity index (χ4n) is 3.13. The van der Waals surface area contributed by atoms with Crippen LogP contribution in [0.3, 0.4) is 0 Å². The molecule has 0 spiro atoms. The average Bonchev–Trinajstić information content (AvgIpc) is 3.00. The summed E-state index contributed by atoms with van der Waals surface area (Å²) in [7, 11) is 0. The number of carbonyl (C=O) groups excluding carboxylic acids is 1. The summed E-state index contributed by atoms with van der Waals surface area (Å²) in [4.78, 5) is 23.0. The number of aryl methyl sites for hydroxylation is 2. The van der Waals surface area contributed by atoms with E-state index in [1.807, 2.05) is 34.8 Å². The third-order valence-corrected chi connectivity index (χ3v) is 4.39. The number of carbonyl (C=O) groups is 1. The molecule has 0 aliphatic carbocycles. The summed E-state index contributed by atoms with van der Waals surface area (Å²) < 4.78 is 7.56. The Morgan fingerprint density at radius 3 is 3.12 bits per heavy atom. The Kier molecular flexibility index (Phi) is 6.11. The van der Waals surface area contributed by atoms with Crippen LogP contribution in [0.15, 0.2) is 30.9 Å². The molecule has 1 atom stereocenters. The molecule has 1 aliphatic rings. The molecule has 0 aromatic carbocycles. The van der Waals surface area contributed by atoms with Gasteiger partial charge in [0.25, 0.3) is 0 Å². The van der Waals surface area contributed by atoms with Gasteiger partial charge in [0.15, 0.2) is 0 Å². The van der Waals surface area contributed by atoms with Crippen LogP contribution in [0.2, 0.25) is 0 Å². The molecule has 1 aliphatic heterocycles. The molecule has 0 N–H and O–H groups in total. The van der Waals surface area contributed by atoms with E-state index in [9.17, 15) is 4.79 Å². The van der Waals surface area contributed by atoms with Gasteiger partial charge in [-0.3, -0.25) is 9.48 Å². The predicted molar refractivity (Wildman–Crippen MR) is 92.8 cm³/mol. The molecule has 3 heterocycles. The van der Waals surface area contributed by atoms with Crippen molar-refractivity contribution in [3.63, 3.8) is 0 Å². The number of nitrogens with zero attached hydrogens (tertiary/aromatic N) is 5. The predicted octanol–water partition coefficient (Wildman–Crippen LogP) is 1.48. The van der Waals surface area contributed by atoms with Crippen LogP contribution in [-0.4, -0.2) is 56.9 Å². The molecule has 0 radical (unpaired) electrons. The lowest BCUT2D eigenvalue weighted by Gasteiger charge is -2.23. The maximum Gasteiger partial charge on any atom is 0.222 e. The number of ether oxygens (including phenoxy) is 1. The Morgan fingerprint density at radius 1 is 1.40 bits per heavy atom. The Labute approximate surface area is 148 Å². The minimum atomic E-state index is 0.196. The van der Waals surface area contributed by atoms with Crippen molar-refractivity contribution in [1.29, 1.82) is 0 Å². The standard InChI is InChI=1S/C18H25N5O2/c1-15-10-17(20-14-19-15)11-16-12-22(8-9-25-13-16)18(24)4-2-6-23-7-3-5-21-23/h3,5,7,10,14,16H,2,4,6,8-9,11-13H2,1H3. The van der Waals surface area contributed by atoms with Crippen molar-refractivity contribution in [3.8, 4) is 0 Å². The SMILES string of the molecule is Cc1cc(CC2COCCN(C(=O)CCCn3cccn3)C2)ncn1. The highest BCUT2D eigenvalue weighted by molar-refractivity contribution is 5.76. The zero-order valence-electron chi connectivity index (χ0n) is 14.7. The van der Waals surface area contributed by atoms with Gasteiger partial charge in [-0.05, 0) is 31.9 Å². The van der Waals surface area contributed by atoms with Crippen LogP contribution in [0.5, 0.6) is 0 Å². The minimum Gasteiger partial charge on any atom is -0.379 e. The van der Waals surface area contributed by atoms with Gasteiger partial charge in [-0.15, -0.1) is 0 Å². The molecule has 1 fully saturated rings. The molecule has 134 valence electrons. The van der Waals surface area contributed by atoms with Gasteiger partial charge in [-0.1, -0.05) is 0 Å². The van der Waals surface area contributed by atoms with Crippen LogP contribution < -0.4 is 0 Å². The van der Waals surface area contributed by atoms with Crippen LogP contribution >= 0.6 is 0 Å². The first-order chi connectivity index (χ1) is 12.2. The lowest BCUT2D eigenvalue weighted by molar-refractivity contribution is -0.131. The van der Waals surface area contributed by atoms with Crippen LogP contribution in [0, 0.1) is 12.8 Å². The molecule has 1 unspecified atom stereocenters. The quantitative estimate of drug-likeness (QED) is 0.794. The molecule has 1 saturated heterocycles. The molecular weight excluding hydrogens is 318 g/mol. The van der Waals surface area contributed by atoms with Gasteiger partial charge in [0.1, 0.15) is 6.33 Å². The van der Waals surface area contributed by atoms with E-state index < -0.39 is 0 Å². The second-order valence-electron chi connectivity index (χ2n) is 6.51. The van der Waals surface area contributed by atoms with Gasteiger partial charge < -0.3 is 9.64 Å². The molecule has 0 saturated carbocycles. The molecule has 7 nitrogen and oxygen atoms in total.